The molecule has 106 valence electrons. The van der Waals surface area contributed by atoms with Crippen molar-refractivity contribution >= 4 is 23.2 Å². The van der Waals surface area contributed by atoms with E-state index in [9.17, 15) is 8.78 Å². The van der Waals surface area contributed by atoms with E-state index in [1.807, 2.05) is 0 Å². The molecule has 2 aromatic carbocycles. The molecule has 0 saturated heterocycles. The number of alkyl halides is 1. The van der Waals surface area contributed by atoms with Gasteiger partial charge in [-0.15, -0.1) is 11.6 Å². The van der Waals surface area contributed by atoms with E-state index in [0.29, 0.717) is 10.6 Å². The number of ether oxygens (including phenoxy) is 1. The van der Waals surface area contributed by atoms with Crippen LogP contribution in [0.2, 0.25) is 5.02 Å². The lowest BCUT2D eigenvalue weighted by Gasteiger charge is -2.16. The summed E-state index contributed by atoms with van der Waals surface area (Å²) >= 11 is 12.1. The zero-order chi connectivity index (χ0) is 14.9. The van der Waals surface area contributed by atoms with Crippen LogP contribution in [0.4, 0.5) is 8.78 Å². The molecule has 5 heteroatoms. The van der Waals surface area contributed by atoms with Gasteiger partial charge < -0.3 is 4.74 Å². The first kappa shape index (κ1) is 15.1. The molecule has 2 rings (SSSR count). The fourth-order valence-electron chi connectivity index (χ4n) is 1.96. The van der Waals surface area contributed by atoms with E-state index in [0.717, 1.165) is 17.7 Å². The highest BCUT2D eigenvalue weighted by Crippen LogP contribution is 2.36. The van der Waals surface area contributed by atoms with Crippen molar-refractivity contribution in [1.29, 1.82) is 0 Å². The van der Waals surface area contributed by atoms with Crippen molar-refractivity contribution in [3.63, 3.8) is 0 Å². The lowest BCUT2D eigenvalue weighted by atomic mass is 9.99. The fraction of sp³-hybridized carbons (Fsp3) is 0.200. The molecule has 2 aromatic rings. The summed E-state index contributed by atoms with van der Waals surface area (Å²) in [5.41, 5.74) is 1.17. The van der Waals surface area contributed by atoms with Crippen LogP contribution in [-0.4, -0.2) is 7.11 Å². The Morgan fingerprint density at radius 3 is 2.25 bits per heavy atom. The van der Waals surface area contributed by atoms with E-state index in [-0.39, 0.29) is 11.3 Å². The maximum Gasteiger partial charge on any atom is 0.134 e. The standard InChI is InChI=1S/C15H12Cl2F2O/c1-8-3-4-9(16)5-11(8)15(17)14-12(18)6-10(20-2)7-13(14)19/h3-7,15H,1-2H3. The third kappa shape index (κ3) is 2.89. The zero-order valence-electron chi connectivity index (χ0n) is 10.9. The molecular formula is C15H12Cl2F2O. The van der Waals surface area contributed by atoms with Crippen LogP contribution >= 0.6 is 23.2 Å². The van der Waals surface area contributed by atoms with Gasteiger partial charge in [-0.2, -0.15) is 0 Å². The van der Waals surface area contributed by atoms with Crippen LogP contribution in [0.15, 0.2) is 30.3 Å². The minimum atomic E-state index is -0.959. The highest BCUT2D eigenvalue weighted by molar-refractivity contribution is 6.31. The van der Waals surface area contributed by atoms with Crippen LogP contribution in [0.1, 0.15) is 22.1 Å². The van der Waals surface area contributed by atoms with Gasteiger partial charge in [-0.05, 0) is 30.2 Å². The van der Waals surface area contributed by atoms with Gasteiger partial charge in [0.25, 0.3) is 0 Å². The second-order valence-corrected chi connectivity index (χ2v) is 5.24. The molecule has 1 nitrogen and oxygen atoms in total. The average Bonchev–Trinajstić information content (AvgIpc) is 2.40. The number of halogens is 4. The summed E-state index contributed by atoms with van der Waals surface area (Å²) in [6, 6.07) is 7.27. The summed E-state index contributed by atoms with van der Waals surface area (Å²) in [7, 11) is 1.34. The van der Waals surface area contributed by atoms with Crippen molar-refractivity contribution in [3.8, 4) is 5.75 Å². The summed E-state index contributed by atoms with van der Waals surface area (Å²) in [4.78, 5) is 0. The molecule has 0 radical (unpaired) electrons. The normalized spacial score (nSPS) is 12.3. The van der Waals surface area contributed by atoms with Crippen molar-refractivity contribution in [2.75, 3.05) is 7.11 Å². The van der Waals surface area contributed by atoms with Crippen LogP contribution in [0.25, 0.3) is 0 Å². The lowest BCUT2D eigenvalue weighted by Crippen LogP contribution is -2.03. The Bertz CT molecular complexity index is 621. The number of methoxy groups -OCH3 is 1. The second-order valence-electron chi connectivity index (χ2n) is 4.37. The molecule has 0 amide bonds. The molecule has 1 unspecified atom stereocenters. The Kier molecular flexibility index (Phi) is 4.51. The third-order valence-corrected chi connectivity index (χ3v) is 3.74. The highest BCUT2D eigenvalue weighted by Gasteiger charge is 2.22. The quantitative estimate of drug-likeness (QED) is 0.701. The van der Waals surface area contributed by atoms with Gasteiger partial charge in [0.15, 0.2) is 0 Å². The number of aryl methyl sites for hydroxylation is 1. The molecule has 0 bridgehead atoms. The number of rotatable bonds is 3. The third-order valence-electron chi connectivity index (χ3n) is 3.06. The SMILES string of the molecule is COc1cc(F)c(C(Cl)c2cc(Cl)ccc2C)c(F)c1. The van der Waals surface area contributed by atoms with Crippen molar-refractivity contribution < 1.29 is 13.5 Å². The predicted molar refractivity (Wildman–Crippen MR) is 76.8 cm³/mol. The molecule has 0 fully saturated rings. The van der Waals surface area contributed by atoms with Gasteiger partial charge in [-0.1, -0.05) is 17.7 Å². The van der Waals surface area contributed by atoms with Crippen LogP contribution in [-0.2, 0) is 0 Å². The Hall–Kier alpha value is -1.32. The van der Waals surface area contributed by atoms with Crippen LogP contribution in [0.3, 0.4) is 0 Å². The van der Waals surface area contributed by atoms with Crippen LogP contribution in [0.5, 0.6) is 5.75 Å². The summed E-state index contributed by atoms with van der Waals surface area (Å²) in [6.45, 7) is 1.81. The zero-order valence-corrected chi connectivity index (χ0v) is 12.4. The van der Waals surface area contributed by atoms with E-state index in [1.165, 1.54) is 7.11 Å². The van der Waals surface area contributed by atoms with E-state index in [2.05, 4.69) is 0 Å². The van der Waals surface area contributed by atoms with Gasteiger partial charge in [-0.3, -0.25) is 0 Å². The Labute approximate surface area is 126 Å². The van der Waals surface area contributed by atoms with Gasteiger partial charge in [0.05, 0.1) is 12.5 Å². The molecule has 0 aliphatic carbocycles. The molecule has 0 aliphatic heterocycles. The molecule has 20 heavy (non-hydrogen) atoms. The van der Waals surface area contributed by atoms with E-state index in [1.54, 1.807) is 25.1 Å². The van der Waals surface area contributed by atoms with Gasteiger partial charge in [-0.25, -0.2) is 8.78 Å². The number of benzene rings is 2. The van der Waals surface area contributed by atoms with E-state index in [4.69, 9.17) is 27.9 Å². The minimum absolute atomic E-state index is 0.107. The van der Waals surface area contributed by atoms with Crippen molar-refractivity contribution in [2.24, 2.45) is 0 Å². The van der Waals surface area contributed by atoms with E-state index < -0.39 is 17.0 Å². The summed E-state index contributed by atoms with van der Waals surface area (Å²) < 4.78 is 32.9. The maximum atomic E-state index is 14.0. The number of hydrogen-bond acceptors (Lipinski definition) is 1. The summed E-state index contributed by atoms with van der Waals surface area (Å²) in [5.74, 6) is -1.39. The molecular weight excluding hydrogens is 305 g/mol. The first-order valence-corrected chi connectivity index (χ1v) is 6.68. The van der Waals surface area contributed by atoms with E-state index >= 15 is 0 Å². The maximum absolute atomic E-state index is 14.0. The molecule has 0 aliphatic rings. The molecule has 1 atom stereocenters. The van der Waals surface area contributed by atoms with Gasteiger partial charge >= 0.3 is 0 Å². The Morgan fingerprint density at radius 1 is 1.10 bits per heavy atom. The van der Waals surface area contributed by atoms with Gasteiger partial charge in [0.2, 0.25) is 0 Å². The Morgan fingerprint density at radius 2 is 1.70 bits per heavy atom. The molecule has 0 saturated carbocycles. The fourth-order valence-corrected chi connectivity index (χ4v) is 2.59. The van der Waals surface area contributed by atoms with Crippen LogP contribution in [0, 0.1) is 18.6 Å². The van der Waals surface area contributed by atoms with Gasteiger partial charge in [0, 0.05) is 22.7 Å². The number of hydrogen-bond donors (Lipinski definition) is 0. The molecule has 0 aromatic heterocycles. The second kappa shape index (κ2) is 5.98. The summed E-state index contributed by atoms with van der Waals surface area (Å²) in [5, 5.41) is -0.495. The topological polar surface area (TPSA) is 9.23 Å². The predicted octanol–water partition coefficient (Wildman–Crippen LogP) is 5.26. The molecule has 0 heterocycles. The first-order chi connectivity index (χ1) is 9.43. The molecule has 0 spiro atoms. The van der Waals surface area contributed by atoms with Gasteiger partial charge in [0.1, 0.15) is 17.4 Å². The molecule has 0 N–H and O–H groups in total. The minimum Gasteiger partial charge on any atom is -0.497 e. The monoisotopic (exact) mass is 316 g/mol. The lowest BCUT2D eigenvalue weighted by molar-refractivity contribution is 0.405. The van der Waals surface area contributed by atoms with Crippen molar-refractivity contribution in [3.05, 3.63) is 63.7 Å². The largest absolute Gasteiger partial charge is 0.497 e. The Balaban J connectivity index is 2.53. The van der Waals surface area contributed by atoms with Crippen molar-refractivity contribution in [2.45, 2.75) is 12.3 Å². The van der Waals surface area contributed by atoms with Crippen molar-refractivity contribution in [1.82, 2.24) is 0 Å². The smallest absolute Gasteiger partial charge is 0.134 e. The summed E-state index contributed by atoms with van der Waals surface area (Å²) in [6.07, 6.45) is 0. The van der Waals surface area contributed by atoms with Crippen LogP contribution < -0.4 is 4.74 Å². The average molecular weight is 317 g/mol. The highest BCUT2D eigenvalue weighted by atomic mass is 35.5. The first-order valence-electron chi connectivity index (χ1n) is 5.87.